The fourth-order valence-corrected chi connectivity index (χ4v) is 3.40. The zero-order chi connectivity index (χ0) is 12.5. The van der Waals surface area contributed by atoms with E-state index in [4.69, 9.17) is 5.73 Å². The number of hydrogen-bond acceptors (Lipinski definition) is 4. The number of anilines is 1. The molecule has 2 heterocycles. The lowest BCUT2D eigenvalue weighted by Gasteiger charge is -2.01. The van der Waals surface area contributed by atoms with E-state index in [-0.39, 0.29) is 5.82 Å². The first-order chi connectivity index (χ1) is 8.75. The molecule has 2 aromatic heterocycles. The zero-order valence-electron chi connectivity index (χ0n) is 9.26. The van der Waals surface area contributed by atoms with Crippen molar-refractivity contribution in [3.05, 3.63) is 47.6 Å². The van der Waals surface area contributed by atoms with Crippen LogP contribution in [0.5, 0.6) is 0 Å². The van der Waals surface area contributed by atoms with Crippen LogP contribution in [0.3, 0.4) is 0 Å². The molecule has 0 saturated heterocycles. The van der Waals surface area contributed by atoms with Crippen LogP contribution in [-0.2, 0) is 0 Å². The van der Waals surface area contributed by atoms with Gasteiger partial charge in [0.25, 0.3) is 0 Å². The van der Waals surface area contributed by atoms with Gasteiger partial charge in [-0.05, 0) is 17.5 Å². The summed E-state index contributed by atoms with van der Waals surface area (Å²) < 4.78 is 13.8. The molecule has 2 nitrogen and oxygen atoms in total. The summed E-state index contributed by atoms with van der Waals surface area (Å²) in [5.74, 6) is -0.251. The zero-order valence-corrected chi connectivity index (χ0v) is 10.9. The number of halogens is 1. The second kappa shape index (κ2) is 4.51. The molecular formula is C13H9FN2S2. The van der Waals surface area contributed by atoms with Gasteiger partial charge in [-0.2, -0.15) is 0 Å². The molecule has 90 valence electrons. The minimum atomic E-state index is -0.251. The molecular weight excluding hydrogens is 267 g/mol. The molecule has 0 spiro atoms. The number of nitrogens with two attached hydrogens (primary N) is 1. The first kappa shape index (κ1) is 11.4. The Morgan fingerprint density at radius 3 is 2.67 bits per heavy atom. The van der Waals surface area contributed by atoms with Crippen LogP contribution in [0.4, 0.5) is 9.52 Å². The van der Waals surface area contributed by atoms with Crippen molar-refractivity contribution in [1.82, 2.24) is 4.98 Å². The molecule has 0 saturated carbocycles. The van der Waals surface area contributed by atoms with E-state index in [1.54, 1.807) is 23.5 Å². The van der Waals surface area contributed by atoms with Crippen LogP contribution in [0.15, 0.2) is 41.8 Å². The van der Waals surface area contributed by atoms with Crippen molar-refractivity contribution in [3.8, 4) is 21.0 Å². The molecule has 0 unspecified atom stereocenters. The van der Waals surface area contributed by atoms with Gasteiger partial charge in [0.15, 0.2) is 5.13 Å². The van der Waals surface area contributed by atoms with Gasteiger partial charge in [-0.15, -0.1) is 11.3 Å². The summed E-state index contributed by atoms with van der Waals surface area (Å²) in [4.78, 5) is 6.10. The van der Waals surface area contributed by atoms with Gasteiger partial charge in [-0.3, -0.25) is 0 Å². The summed E-state index contributed by atoms with van der Waals surface area (Å²) in [7, 11) is 0. The Bertz CT molecular complexity index is 674. The Balaban J connectivity index is 2.22. The minimum Gasteiger partial charge on any atom is -0.375 e. The standard InChI is InChI=1S/C13H9FN2S2/c14-9-5-2-1-4-8(9)12-11(16-13(15)18-12)10-6-3-7-17-10/h1-7H,(H2,15,16). The summed E-state index contributed by atoms with van der Waals surface area (Å²) in [6.45, 7) is 0. The smallest absolute Gasteiger partial charge is 0.181 e. The maximum atomic E-state index is 13.8. The molecule has 0 radical (unpaired) electrons. The average Bonchev–Trinajstić information content (AvgIpc) is 2.98. The van der Waals surface area contributed by atoms with Gasteiger partial charge in [0.2, 0.25) is 0 Å². The van der Waals surface area contributed by atoms with Gasteiger partial charge < -0.3 is 5.73 Å². The van der Waals surface area contributed by atoms with E-state index in [1.165, 1.54) is 17.4 Å². The maximum Gasteiger partial charge on any atom is 0.181 e. The molecule has 0 bridgehead atoms. The fourth-order valence-electron chi connectivity index (χ4n) is 1.74. The average molecular weight is 276 g/mol. The van der Waals surface area contributed by atoms with Crippen molar-refractivity contribution in [1.29, 1.82) is 0 Å². The van der Waals surface area contributed by atoms with E-state index in [0.29, 0.717) is 10.7 Å². The summed E-state index contributed by atoms with van der Waals surface area (Å²) >= 11 is 2.88. The van der Waals surface area contributed by atoms with E-state index >= 15 is 0 Å². The van der Waals surface area contributed by atoms with E-state index < -0.39 is 0 Å². The Morgan fingerprint density at radius 2 is 1.94 bits per heavy atom. The number of rotatable bonds is 2. The van der Waals surface area contributed by atoms with Crippen LogP contribution in [0.1, 0.15) is 0 Å². The lowest BCUT2D eigenvalue weighted by atomic mass is 10.1. The van der Waals surface area contributed by atoms with Crippen LogP contribution in [0.2, 0.25) is 0 Å². The summed E-state index contributed by atoms with van der Waals surface area (Å²) in [6.07, 6.45) is 0. The number of hydrogen-bond donors (Lipinski definition) is 1. The van der Waals surface area contributed by atoms with Crippen LogP contribution >= 0.6 is 22.7 Å². The largest absolute Gasteiger partial charge is 0.375 e. The second-order valence-electron chi connectivity index (χ2n) is 3.69. The van der Waals surface area contributed by atoms with Crippen molar-refractivity contribution < 1.29 is 4.39 Å². The summed E-state index contributed by atoms with van der Waals surface area (Å²) in [5, 5.41) is 2.42. The topological polar surface area (TPSA) is 38.9 Å². The summed E-state index contributed by atoms with van der Waals surface area (Å²) in [5.41, 5.74) is 7.08. The molecule has 1 aromatic carbocycles. The molecule has 0 aliphatic heterocycles. The van der Waals surface area contributed by atoms with Gasteiger partial charge in [-0.25, -0.2) is 9.37 Å². The highest BCUT2D eigenvalue weighted by atomic mass is 32.1. The van der Waals surface area contributed by atoms with Gasteiger partial charge in [0.05, 0.1) is 9.75 Å². The monoisotopic (exact) mass is 276 g/mol. The number of aromatic nitrogens is 1. The maximum absolute atomic E-state index is 13.8. The second-order valence-corrected chi connectivity index (χ2v) is 5.67. The van der Waals surface area contributed by atoms with Crippen molar-refractivity contribution in [3.63, 3.8) is 0 Å². The van der Waals surface area contributed by atoms with Crippen LogP contribution in [0, 0.1) is 5.82 Å². The van der Waals surface area contributed by atoms with Gasteiger partial charge >= 0.3 is 0 Å². The fraction of sp³-hybridized carbons (Fsp3) is 0. The van der Waals surface area contributed by atoms with Crippen LogP contribution < -0.4 is 5.73 Å². The third-order valence-corrected chi connectivity index (χ3v) is 4.31. The molecule has 0 aliphatic carbocycles. The van der Waals surface area contributed by atoms with E-state index in [9.17, 15) is 4.39 Å². The molecule has 2 N–H and O–H groups in total. The molecule has 3 rings (SSSR count). The van der Waals surface area contributed by atoms with Gasteiger partial charge in [0, 0.05) is 5.56 Å². The Labute approximate surface area is 112 Å². The third kappa shape index (κ3) is 1.91. The number of nitrogen functional groups attached to an aromatic ring is 1. The van der Waals surface area contributed by atoms with E-state index in [0.717, 1.165) is 15.4 Å². The van der Waals surface area contributed by atoms with Gasteiger partial charge in [-0.1, -0.05) is 35.6 Å². The molecule has 0 amide bonds. The van der Waals surface area contributed by atoms with Crippen molar-refractivity contribution in [2.24, 2.45) is 0 Å². The lowest BCUT2D eigenvalue weighted by molar-refractivity contribution is 0.631. The van der Waals surface area contributed by atoms with Crippen LogP contribution in [0.25, 0.3) is 21.0 Å². The van der Waals surface area contributed by atoms with E-state index in [1.807, 2.05) is 23.6 Å². The van der Waals surface area contributed by atoms with E-state index in [2.05, 4.69) is 4.98 Å². The molecule has 3 aromatic rings. The van der Waals surface area contributed by atoms with Crippen molar-refractivity contribution >= 4 is 27.8 Å². The molecule has 0 atom stereocenters. The normalized spacial score (nSPS) is 10.7. The quantitative estimate of drug-likeness (QED) is 0.759. The first-order valence-corrected chi connectivity index (χ1v) is 7.00. The lowest BCUT2D eigenvalue weighted by Crippen LogP contribution is -1.84. The van der Waals surface area contributed by atoms with Crippen LogP contribution in [-0.4, -0.2) is 4.98 Å². The predicted molar refractivity (Wildman–Crippen MR) is 75.2 cm³/mol. The highest BCUT2D eigenvalue weighted by Crippen LogP contribution is 2.40. The Kier molecular flexibility index (Phi) is 2.85. The van der Waals surface area contributed by atoms with Crippen molar-refractivity contribution in [2.75, 3.05) is 5.73 Å². The van der Waals surface area contributed by atoms with Gasteiger partial charge in [0.1, 0.15) is 11.5 Å². The first-order valence-electron chi connectivity index (χ1n) is 5.31. The number of thiazole rings is 1. The SMILES string of the molecule is Nc1nc(-c2cccs2)c(-c2ccccc2F)s1. The Morgan fingerprint density at radius 1 is 1.11 bits per heavy atom. The number of thiophene rings is 1. The number of benzene rings is 1. The summed E-state index contributed by atoms with van der Waals surface area (Å²) in [6, 6.07) is 10.6. The highest BCUT2D eigenvalue weighted by Gasteiger charge is 2.16. The Hall–Kier alpha value is -1.72. The predicted octanol–water partition coefficient (Wildman–Crippen LogP) is 4.26. The molecule has 0 aliphatic rings. The van der Waals surface area contributed by atoms with Crippen molar-refractivity contribution in [2.45, 2.75) is 0 Å². The molecule has 5 heteroatoms. The molecule has 0 fully saturated rings. The highest BCUT2D eigenvalue weighted by molar-refractivity contribution is 7.20. The third-order valence-electron chi connectivity index (χ3n) is 2.52. The molecule has 18 heavy (non-hydrogen) atoms. The number of nitrogens with zero attached hydrogens (tertiary/aromatic N) is 1. The minimum absolute atomic E-state index is 0.251.